The van der Waals surface area contributed by atoms with Gasteiger partial charge in [0.1, 0.15) is 5.75 Å². The van der Waals surface area contributed by atoms with Crippen molar-refractivity contribution in [1.29, 1.82) is 0 Å². The lowest BCUT2D eigenvalue weighted by Crippen LogP contribution is -2.43. The molecular formula is C18H18BrIN2O3. The highest BCUT2D eigenvalue weighted by Gasteiger charge is 2.10. The third kappa shape index (κ3) is 6.00. The molecule has 0 fully saturated rings. The van der Waals surface area contributed by atoms with Crippen LogP contribution in [-0.2, 0) is 4.79 Å². The van der Waals surface area contributed by atoms with Crippen LogP contribution in [0.3, 0.4) is 0 Å². The van der Waals surface area contributed by atoms with E-state index in [2.05, 4.69) is 63.2 Å². The van der Waals surface area contributed by atoms with Gasteiger partial charge in [0.05, 0.1) is 4.47 Å². The summed E-state index contributed by atoms with van der Waals surface area (Å²) in [6, 6.07) is 12.8. The van der Waals surface area contributed by atoms with E-state index in [1.165, 1.54) is 5.56 Å². The molecule has 2 rings (SSSR count). The highest BCUT2D eigenvalue weighted by atomic mass is 127. The minimum atomic E-state index is -0.446. The lowest BCUT2D eigenvalue weighted by atomic mass is 10.0. The van der Waals surface area contributed by atoms with Crippen molar-refractivity contribution in [2.24, 2.45) is 0 Å². The van der Waals surface area contributed by atoms with Gasteiger partial charge < -0.3 is 4.74 Å². The van der Waals surface area contributed by atoms with E-state index < -0.39 is 5.91 Å². The summed E-state index contributed by atoms with van der Waals surface area (Å²) in [5.41, 5.74) is 6.35. The van der Waals surface area contributed by atoms with Gasteiger partial charge in [-0.2, -0.15) is 0 Å². The number of hydrogen-bond donors (Lipinski definition) is 2. The number of nitrogens with one attached hydrogen (secondary N) is 2. The number of halogens is 2. The quantitative estimate of drug-likeness (QED) is 0.466. The fourth-order valence-electron chi connectivity index (χ4n) is 2.00. The molecule has 0 aliphatic heterocycles. The molecule has 0 unspecified atom stereocenters. The van der Waals surface area contributed by atoms with Gasteiger partial charge in [0.2, 0.25) is 0 Å². The van der Waals surface area contributed by atoms with E-state index in [1.807, 2.05) is 24.3 Å². The highest BCUT2D eigenvalue weighted by molar-refractivity contribution is 14.1. The summed E-state index contributed by atoms with van der Waals surface area (Å²) in [7, 11) is 0. The Labute approximate surface area is 168 Å². The van der Waals surface area contributed by atoms with Crippen LogP contribution in [0.15, 0.2) is 46.9 Å². The smallest absolute Gasteiger partial charge is 0.276 e. The number of amides is 2. The maximum absolute atomic E-state index is 12.0. The first kappa shape index (κ1) is 19.7. The first-order valence-electron chi connectivity index (χ1n) is 7.64. The number of hydrogen-bond acceptors (Lipinski definition) is 3. The molecule has 0 aliphatic rings. The van der Waals surface area contributed by atoms with E-state index in [9.17, 15) is 9.59 Å². The van der Waals surface area contributed by atoms with Crippen LogP contribution in [0.2, 0.25) is 0 Å². The molecule has 0 radical (unpaired) electrons. The van der Waals surface area contributed by atoms with Gasteiger partial charge in [0.15, 0.2) is 6.61 Å². The van der Waals surface area contributed by atoms with Crippen LogP contribution in [0.4, 0.5) is 0 Å². The van der Waals surface area contributed by atoms with Gasteiger partial charge >= 0.3 is 0 Å². The molecule has 0 saturated carbocycles. The van der Waals surface area contributed by atoms with E-state index in [1.54, 1.807) is 18.2 Å². The Kier molecular flexibility index (Phi) is 7.24. The Balaban J connectivity index is 1.84. The molecule has 0 heterocycles. The van der Waals surface area contributed by atoms with Crippen molar-refractivity contribution in [1.82, 2.24) is 10.9 Å². The maximum atomic E-state index is 12.0. The fourth-order valence-corrected chi connectivity index (χ4v) is 3.06. The highest BCUT2D eigenvalue weighted by Crippen LogP contribution is 2.28. The summed E-state index contributed by atoms with van der Waals surface area (Å²) in [6.07, 6.45) is 0. The van der Waals surface area contributed by atoms with Gasteiger partial charge in [0.25, 0.3) is 11.8 Å². The number of rotatable bonds is 5. The number of benzene rings is 2. The zero-order valence-corrected chi connectivity index (χ0v) is 17.6. The van der Waals surface area contributed by atoms with Crippen LogP contribution >= 0.6 is 38.5 Å². The second-order valence-electron chi connectivity index (χ2n) is 5.65. The second kappa shape index (κ2) is 9.19. The van der Waals surface area contributed by atoms with Gasteiger partial charge in [0, 0.05) is 9.13 Å². The average Bonchev–Trinajstić information content (AvgIpc) is 2.58. The molecule has 5 nitrogen and oxygen atoms in total. The van der Waals surface area contributed by atoms with Crippen molar-refractivity contribution in [2.75, 3.05) is 6.61 Å². The molecule has 2 aromatic carbocycles. The Hall–Kier alpha value is -1.61. The SMILES string of the molecule is CC(C)c1ccc(OCC(=O)NNC(=O)c2cccc(I)c2)c(Br)c1. The summed E-state index contributed by atoms with van der Waals surface area (Å²) in [4.78, 5) is 23.8. The molecule has 2 aromatic rings. The zero-order chi connectivity index (χ0) is 18.4. The number of ether oxygens (including phenoxy) is 1. The van der Waals surface area contributed by atoms with Crippen molar-refractivity contribution in [3.8, 4) is 5.75 Å². The van der Waals surface area contributed by atoms with Crippen LogP contribution in [0.25, 0.3) is 0 Å². The Morgan fingerprint density at radius 3 is 2.56 bits per heavy atom. The lowest BCUT2D eigenvalue weighted by Gasteiger charge is -2.12. The number of hydrazine groups is 1. The lowest BCUT2D eigenvalue weighted by molar-refractivity contribution is -0.123. The van der Waals surface area contributed by atoms with E-state index in [0.29, 0.717) is 17.2 Å². The predicted octanol–water partition coefficient (Wildman–Crippen LogP) is 4.02. The van der Waals surface area contributed by atoms with E-state index in [0.717, 1.165) is 8.04 Å². The molecule has 132 valence electrons. The van der Waals surface area contributed by atoms with Gasteiger partial charge in [-0.25, -0.2) is 0 Å². The molecule has 2 N–H and O–H groups in total. The molecule has 0 saturated heterocycles. The third-order valence-electron chi connectivity index (χ3n) is 3.38. The molecule has 0 aromatic heterocycles. The summed E-state index contributed by atoms with van der Waals surface area (Å²) in [6.45, 7) is 4.00. The molecule has 0 aliphatic carbocycles. The summed E-state index contributed by atoms with van der Waals surface area (Å²) in [5, 5.41) is 0. The van der Waals surface area contributed by atoms with Crippen molar-refractivity contribution in [3.63, 3.8) is 0 Å². The van der Waals surface area contributed by atoms with Crippen LogP contribution in [0, 0.1) is 3.57 Å². The molecule has 25 heavy (non-hydrogen) atoms. The van der Waals surface area contributed by atoms with Crippen LogP contribution in [0.1, 0.15) is 35.7 Å². The Morgan fingerprint density at radius 1 is 1.16 bits per heavy atom. The Morgan fingerprint density at radius 2 is 1.92 bits per heavy atom. The minimum Gasteiger partial charge on any atom is -0.483 e. The molecule has 2 amide bonds. The normalized spacial score (nSPS) is 10.4. The second-order valence-corrected chi connectivity index (χ2v) is 7.75. The van der Waals surface area contributed by atoms with E-state index in [-0.39, 0.29) is 12.5 Å². The molecule has 0 spiro atoms. The predicted molar refractivity (Wildman–Crippen MR) is 108 cm³/mol. The average molecular weight is 517 g/mol. The third-order valence-corrected chi connectivity index (χ3v) is 4.67. The molecule has 7 heteroatoms. The first-order chi connectivity index (χ1) is 11.9. The standard InChI is InChI=1S/C18H18BrIN2O3/c1-11(2)12-6-7-16(15(19)9-12)25-10-17(23)21-22-18(24)13-4-3-5-14(20)8-13/h3-9,11H,10H2,1-2H3,(H,21,23)(H,22,24). The van der Waals surface area contributed by atoms with Crippen LogP contribution in [0.5, 0.6) is 5.75 Å². The van der Waals surface area contributed by atoms with E-state index in [4.69, 9.17) is 4.74 Å². The molecule has 0 bridgehead atoms. The van der Waals surface area contributed by atoms with Gasteiger partial charge in [-0.05, 0) is 80.3 Å². The summed E-state index contributed by atoms with van der Waals surface area (Å²) >= 11 is 5.56. The zero-order valence-electron chi connectivity index (χ0n) is 13.8. The topological polar surface area (TPSA) is 67.4 Å². The monoisotopic (exact) mass is 516 g/mol. The molecular weight excluding hydrogens is 499 g/mol. The van der Waals surface area contributed by atoms with Crippen molar-refractivity contribution in [2.45, 2.75) is 19.8 Å². The summed E-state index contributed by atoms with van der Waals surface area (Å²) in [5.74, 6) is 0.154. The van der Waals surface area contributed by atoms with Crippen molar-refractivity contribution in [3.05, 3.63) is 61.6 Å². The van der Waals surface area contributed by atoms with Crippen LogP contribution in [-0.4, -0.2) is 18.4 Å². The largest absolute Gasteiger partial charge is 0.483 e. The summed E-state index contributed by atoms with van der Waals surface area (Å²) < 4.78 is 7.20. The van der Waals surface area contributed by atoms with Gasteiger partial charge in [-0.15, -0.1) is 0 Å². The van der Waals surface area contributed by atoms with Crippen molar-refractivity contribution < 1.29 is 14.3 Å². The minimum absolute atomic E-state index is 0.202. The Bertz CT molecular complexity index is 781. The van der Waals surface area contributed by atoms with Gasteiger partial charge in [-0.3, -0.25) is 20.4 Å². The molecule has 0 atom stereocenters. The van der Waals surface area contributed by atoms with Crippen LogP contribution < -0.4 is 15.6 Å². The maximum Gasteiger partial charge on any atom is 0.276 e. The number of carbonyl (C=O) groups is 2. The van der Waals surface area contributed by atoms with E-state index >= 15 is 0 Å². The number of carbonyl (C=O) groups excluding carboxylic acids is 2. The fraction of sp³-hybridized carbons (Fsp3) is 0.222. The first-order valence-corrected chi connectivity index (χ1v) is 9.51. The van der Waals surface area contributed by atoms with Crippen molar-refractivity contribution >= 4 is 50.3 Å². The van der Waals surface area contributed by atoms with Gasteiger partial charge in [-0.1, -0.05) is 26.0 Å².